The lowest BCUT2D eigenvalue weighted by atomic mass is 10.0. The van der Waals surface area contributed by atoms with Crippen molar-refractivity contribution in [1.82, 2.24) is 9.62 Å². The van der Waals surface area contributed by atoms with E-state index < -0.39 is 10.0 Å². The first-order valence-electron chi connectivity index (χ1n) is 7.86. The van der Waals surface area contributed by atoms with Gasteiger partial charge in [0.25, 0.3) is 5.91 Å². The van der Waals surface area contributed by atoms with Gasteiger partial charge in [-0.05, 0) is 36.3 Å². The molecule has 0 saturated carbocycles. The molecular weight excluding hydrogens is 364 g/mol. The molecule has 8 heteroatoms. The van der Waals surface area contributed by atoms with E-state index in [-0.39, 0.29) is 10.8 Å². The number of piperidine rings is 1. The predicted molar refractivity (Wildman–Crippen MR) is 97.0 cm³/mol. The highest BCUT2D eigenvalue weighted by Gasteiger charge is 2.29. The summed E-state index contributed by atoms with van der Waals surface area (Å²) in [5.74, 6) is 0.333. The number of hydrogen-bond donors (Lipinski definition) is 1. The van der Waals surface area contributed by atoms with Crippen molar-refractivity contribution in [1.29, 1.82) is 0 Å². The van der Waals surface area contributed by atoms with E-state index in [2.05, 4.69) is 12.2 Å². The molecule has 3 heterocycles. The Labute approximate surface area is 150 Å². The first-order chi connectivity index (χ1) is 11.5. The Balaban J connectivity index is 1.66. The Kier molecular flexibility index (Phi) is 5.39. The average Bonchev–Trinajstić information content (AvgIpc) is 3.25. The molecule has 0 unspecified atom stereocenters. The van der Waals surface area contributed by atoms with Gasteiger partial charge in [-0.1, -0.05) is 13.0 Å². The van der Waals surface area contributed by atoms with E-state index in [0.717, 1.165) is 17.7 Å². The average molecular weight is 385 g/mol. The third-order valence-electron chi connectivity index (χ3n) is 4.18. The highest BCUT2D eigenvalue weighted by molar-refractivity contribution is 7.89. The summed E-state index contributed by atoms with van der Waals surface area (Å²) in [4.78, 5) is 13.9. The maximum atomic E-state index is 12.7. The van der Waals surface area contributed by atoms with Gasteiger partial charge in [0, 0.05) is 23.3 Å². The van der Waals surface area contributed by atoms with Crippen LogP contribution >= 0.6 is 22.7 Å². The minimum Gasteiger partial charge on any atom is -0.346 e. The summed E-state index contributed by atoms with van der Waals surface area (Å²) in [6.45, 7) is 3.71. The van der Waals surface area contributed by atoms with Crippen molar-refractivity contribution in [3.05, 3.63) is 38.7 Å². The van der Waals surface area contributed by atoms with E-state index in [1.54, 1.807) is 16.7 Å². The van der Waals surface area contributed by atoms with Crippen LogP contribution < -0.4 is 5.32 Å². The lowest BCUT2D eigenvalue weighted by Gasteiger charge is -2.29. The quantitative estimate of drug-likeness (QED) is 0.861. The van der Waals surface area contributed by atoms with E-state index >= 15 is 0 Å². The molecule has 0 radical (unpaired) electrons. The van der Waals surface area contributed by atoms with Gasteiger partial charge in [0.1, 0.15) is 0 Å². The first kappa shape index (κ1) is 17.6. The third-order valence-corrected chi connectivity index (χ3v) is 8.01. The van der Waals surface area contributed by atoms with Crippen molar-refractivity contribution < 1.29 is 13.2 Å². The maximum Gasteiger partial charge on any atom is 0.261 e. The molecule has 1 aliphatic rings. The lowest BCUT2D eigenvalue weighted by molar-refractivity contribution is 0.0955. The Morgan fingerprint density at radius 2 is 2.08 bits per heavy atom. The minimum absolute atomic E-state index is 0.225. The molecule has 0 aliphatic carbocycles. The summed E-state index contributed by atoms with van der Waals surface area (Å²) in [7, 11) is -3.49. The van der Waals surface area contributed by atoms with Crippen LogP contribution in [0.4, 0.5) is 0 Å². The van der Waals surface area contributed by atoms with E-state index in [9.17, 15) is 13.2 Å². The maximum absolute atomic E-state index is 12.7. The number of sulfonamides is 1. The molecule has 3 rings (SSSR count). The summed E-state index contributed by atoms with van der Waals surface area (Å²) >= 11 is 2.75. The van der Waals surface area contributed by atoms with Crippen LogP contribution in [0.15, 0.2) is 33.9 Å². The van der Waals surface area contributed by atoms with Gasteiger partial charge >= 0.3 is 0 Å². The van der Waals surface area contributed by atoms with E-state index in [4.69, 9.17) is 0 Å². The standard InChI is InChI=1S/C16H20N2O3S3/c1-12-4-6-18(7-5-12)24(20,21)14-9-15(23-11-14)16(19)17-10-13-3-2-8-22-13/h2-3,8-9,11-12H,4-7,10H2,1H3,(H,17,19). The van der Waals surface area contributed by atoms with Gasteiger partial charge in [0.15, 0.2) is 0 Å². The minimum atomic E-state index is -3.49. The number of nitrogens with zero attached hydrogens (tertiary/aromatic N) is 1. The molecule has 1 aliphatic heterocycles. The van der Waals surface area contributed by atoms with Gasteiger partial charge in [-0.25, -0.2) is 8.42 Å². The zero-order chi connectivity index (χ0) is 17.2. The molecule has 1 N–H and O–H groups in total. The Morgan fingerprint density at radius 3 is 2.75 bits per heavy atom. The molecule has 5 nitrogen and oxygen atoms in total. The topological polar surface area (TPSA) is 66.5 Å². The van der Waals surface area contributed by atoms with Gasteiger partial charge in [-0.2, -0.15) is 4.31 Å². The molecule has 130 valence electrons. The Hall–Kier alpha value is -1.22. The predicted octanol–water partition coefficient (Wildman–Crippen LogP) is 3.16. The zero-order valence-corrected chi connectivity index (χ0v) is 15.8. The second-order valence-electron chi connectivity index (χ2n) is 6.00. The molecular formula is C16H20N2O3S3. The number of amides is 1. The fourth-order valence-corrected chi connectivity index (χ4v) is 5.91. The number of nitrogens with one attached hydrogen (secondary N) is 1. The molecule has 1 amide bonds. The Bertz CT molecular complexity index is 788. The fourth-order valence-electron chi connectivity index (χ4n) is 2.62. The fraction of sp³-hybridized carbons (Fsp3) is 0.438. The second-order valence-corrected chi connectivity index (χ2v) is 9.88. The summed E-state index contributed by atoms with van der Waals surface area (Å²) < 4.78 is 26.9. The molecule has 1 saturated heterocycles. The summed E-state index contributed by atoms with van der Waals surface area (Å²) in [5, 5.41) is 6.34. The third kappa shape index (κ3) is 3.88. The van der Waals surface area contributed by atoms with Gasteiger partial charge in [0.2, 0.25) is 10.0 Å². The van der Waals surface area contributed by atoms with Gasteiger partial charge in [-0.15, -0.1) is 22.7 Å². The van der Waals surface area contributed by atoms with Crippen molar-refractivity contribution in [3.63, 3.8) is 0 Å². The van der Waals surface area contributed by atoms with Crippen molar-refractivity contribution in [2.24, 2.45) is 5.92 Å². The molecule has 24 heavy (non-hydrogen) atoms. The number of rotatable bonds is 5. The largest absolute Gasteiger partial charge is 0.346 e. The number of thiophene rings is 2. The van der Waals surface area contributed by atoms with Crippen molar-refractivity contribution in [2.45, 2.75) is 31.2 Å². The van der Waals surface area contributed by atoms with Crippen molar-refractivity contribution in [2.75, 3.05) is 13.1 Å². The SMILES string of the molecule is CC1CCN(S(=O)(=O)c2csc(C(=O)NCc3cccs3)c2)CC1. The summed E-state index contributed by atoms with van der Waals surface area (Å²) in [6, 6.07) is 5.37. The van der Waals surface area contributed by atoms with Gasteiger partial charge < -0.3 is 5.32 Å². The van der Waals surface area contributed by atoms with Gasteiger partial charge in [-0.3, -0.25) is 4.79 Å². The lowest BCUT2D eigenvalue weighted by Crippen LogP contribution is -2.37. The van der Waals surface area contributed by atoms with Crippen LogP contribution in [-0.2, 0) is 16.6 Å². The van der Waals surface area contributed by atoms with Crippen LogP contribution in [0, 0.1) is 5.92 Å². The van der Waals surface area contributed by atoms with Crippen LogP contribution in [0.3, 0.4) is 0 Å². The van der Waals surface area contributed by atoms with Crippen LogP contribution in [0.25, 0.3) is 0 Å². The van der Waals surface area contributed by atoms with Crippen LogP contribution in [0.1, 0.15) is 34.3 Å². The molecule has 2 aromatic heterocycles. The summed E-state index contributed by atoms with van der Waals surface area (Å²) in [5.41, 5.74) is 0. The second kappa shape index (κ2) is 7.35. The number of carbonyl (C=O) groups excluding carboxylic acids is 1. The number of hydrogen-bond acceptors (Lipinski definition) is 5. The van der Waals surface area contributed by atoms with E-state index in [1.807, 2.05) is 17.5 Å². The number of carbonyl (C=O) groups is 1. The molecule has 0 aromatic carbocycles. The normalized spacial score (nSPS) is 17.0. The Morgan fingerprint density at radius 1 is 1.33 bits per heavy atom. The zero-order valence-electron chi connectivity index (χ0n) is 13.4. The molecule has 0 atom stereocenters. The first-order valence-corrected chi connectivity index (χ1v) is 11.1. The highest BCUT2D eigenvalue weighted by atomic mass is 32.2. The van der Waals surface area contributed by atoms with Crippen LogP contribution in [0.5, 0.6) is 0 Å². The van der Waals surface area contributed by atoms with Gasteiger partial charge in [0.05, 0.1) is 16.3 Å². The molecule has 1 fully saturated rings. The molecule has 0 bridgehead atoms. The monoisotopic (exact) mass is 384 g/mol. The van der Waals surface area contributed by atoms with Crippen molar-refractivity contribution >= 4 is 38.6 Å². The smallest absolute Gasteiger partial charge is 0.261 e. The van der Waals surface area contributed by atoms with Crippen LogP contribution in [0.2, 0.25) is 0 Å². The van der Waals surface area contributed by atoms with Crippen molar-refractivity contribution in [3.8, 4) is 0 Å². The summed E-state index contributed by atoms with van der Waals surface area (Å²) in [6.07, 6.45) is 1.77. The van der Waals surface area contributed by atoms with E-state index in [1.165, 1.54) is 21.7 Å². The molecule has 2 aromatic rings. The van der Waals surface area contributed by atoms with E-state index in [0.29, 0.717) is 30.4 Å². The molecule has 0 spiro atoms. The highest BCUT2D eigenvalue weighted by Crippen LogP contribution is 2.26. The van der Waals surface area contributed by atoms with Crippen LogP contribution in [-0.4, -0.2) is 31.7 Å².